The summed E-state index contributed by atoms with van der Waals surface area (Å²) in [5, 5.41) is 4.52. The Bertz CT molecular complexity index is 421. The standard InChI is InChI=1S/C11H17N3O3/c1-13-9-5-7(11(15)16-3)8(12)6-10(9)14(2)17-4/h5-6,13H,12H2,1-4H3. The molecule has 0 aromatic heterocycles. The molecule has 1 aromatic carbocycles. The molecule has 17 heavy (non-hydrogen) atoms. The van der Waals surface area contributed by atoms with Gasteiger partial charge in [0.2, 0.25) is 0 Å². The highest BCUT2D eigenvalue weighted by Crippen LogP contribution is 2.30. The number of nitrogens with two attached hydrogens (primary N) is 1. The minimum atomic E-state index is -0.467. The van der Waals surface area contributed by atoms with Crippen molar-refractivity contribution in [1.82, 2.24) is 0 Å². The molecule has 0 heterocycles. The van der Waals surface area contributed by atoms with Gasteiger partial charge in [0.1, 0.15) is 0 Å². The summed E-state index contributed by atoms with van der Waals surface area (Å²) in [6.45, 7) is 0. The topological polar surface area (TPSA) is 76.8 Å². The fraction of sp³-hybridized carbons (Fsp3) is 0.364. The van der Waals surface area contributed by atoms with Crippen LogP contribution in [-0.2, 0) is 9.57 Å². The SMILES string of the molecule is CNc1cc(C(=O)OC)c(N)cc1N(C)OC. The lowest BCUT2D eigenvalue weighted by molar-refractivity contribution is 0.0602. The number of nitrogen functional groups attached to an aromatic ring is 1. The van der Waals surface area contributed by atoms with Crippen molar-refractivity contribution in [3.63, 3.8) is 0 Å². The Kier molecular flexibility index (Phi) is 4.17. The maximum atomic E-state index is 11.5. The molecule has 3 N–H and O–H groups in total. The highest BCUT2D eigenvalue weighted by molar-refractivity contribution is 5.98. The first-order valence-electron chi connectivity index (χ1n) is 5.02. The van der Waals surface area contributed by atoms with E-state index in [2.05, 4.69) is 10.1 Å². The third kappa shape index (κ3) is 2.59. The molecule has 0 spiro atoms. The van der Waals surface area contributed by atoms with Crippen molar-refractivity contribution in [2.24, 2.45) is 0 Å². The van der Waals surface area contributed by atoms with E-state index in [9.17, 15) is 4.79 Å². The molecule has 0 radical (unpaired) electrons. The maximum Gasteiger partial charge on any atom is 0.340 e. The Morgan fingerprint density at radius 1 is 1.41 bits per heavy atom. The summed E-state index contributed by atoms with van der Waals surface area (Å²) in [5.74, 6) is -0.467. The molecule has 0 fully saturated rings. The van der Waals surface area contributed by atoms with Crippen LogP contribution in [-0.4, -0.2) is 34.3 Å². The minimum Gasteiger partial charge on any atom is -0.465 e. The number of rotatable bonds is 4. The predicted octanol–water partition coefficient (Wildman–Crippen LogP) is 1.09. The Morgan fingerprint density at radius 3 is 2.53 bits per heavy atom. The van der Waals surface area contributed by atoms with Crippen LogP contribution in [0, 0.1) is 0 Å². The van der Waals surface area contributed by atoms with Gasteiger partial charge in [-0.2, -0.15) is 0 Å². The van der Waals surface area contributed by atoms with Gasteiger partial charge in [0.05, 0.1) is 31.2 Å². The van der Waals surface area contributed by atoms with Crippen molar-refractivity contribution in [1.29, 1.82) is 0 Å². The number of methoxy groups -OCH3 is 1. The van der Waals surface area contributed by atoms with E-state index in [1.54, 1.807) is 38.4 Å². The number of benzene rings is 1. The predicted molar refractivity (Wildman–Crippen MR) is 67.2 cm³/mol. The van der Waals surface area contributed by atoms with Crippen LogP contribution in [0.3, 0.4) is 0 Å². The van der Waals surface area contributed by atoms with E-state index in [1.165, 1.54) is 7.11 Å². The van der Waals surface area contributed by atoms with Gasteiger partial charge in [0.15, 0.2) is 0 Å². The summed E-state index contributed by atoms with van der Waals surface area (Å²) in [6, 6.07) is 3.29. The highest BCUT2D eigenvalue weighted by atomic mass is 16.7. The minimum absolute atomic E-state index is 0.324. The highest BCUT2D eigenvalue weighted by Gasteiger charge is 2.15. The number of carbonyl (C=O) groups is 1. The molecule has 0 atom stereocenters. The van der Waals surface area contributed by atoms with Gasteiger partial charge in [-0.15, -0.1) is 0 Å². The van der Waals surface area contributed by atoms with Crippen LogP contribution < -0.4 is 16.1 Å². The number of hydrogen-bond donors (Lipinski definition) is 2. The lowest BCUT2D eigenvalue weighted by Crippen LogP contribution is -2.17. The first kappa shape index (κ1) is 13.1. The first-order valence-corrected chi connectivity index (χ1v) is 5.02. The second kappa shape index (κ2) is 5.40. The van der Waals surface area contributed by atoms with Crippen LogP contribution in [0.5, 0.6) is 0 Å². The fourth-order valence-electron chi connectivity index (χ4n) is 1.45. The Morgan fingerprint density at radius 2 is 2.06 bits per heavy atom. The summed E-state index contributed by atoms with van der Waals surface area (Å²) >= 11 is 0. The zero-order chi connectivity index (χ0) is 13.0. The number of ether oxygens (including phenoxy) is 1. The van der Waals surface area contributed by atoms with Crippen molar-refractivity contribution >= 4 is 23.0 Å². The molecule has 0 saturated heterocycles. The van der Waals surface area contributed by atoms with E-state index in [1.807, 2.05) is 0 Å². The van der Waals surface area contributed by atoms with E-state index >= 15 is 0 Å². The monoisotopic (exact) mass is 239 g/mol. The molecule has 0 unspecified atom stereocenters. The molecule has 1 rings (SSSR count). The van der Waals surface area contributed by atoms with Crippen LogP contribution in [0.25, 0.3) is 0 Å². The molecule has 0 aliphatic rings. The average molecular weight is 239 g/mol. The molecule has 0 bridgehead atoms. The maximum absolute atomic E-state index is 11.5. The van der Waals surface area contributed by atoms with Gasteiger partial charge >= 0.3 is 5.97 Å². The number of carbonyl (C=O) groups excluding carboxylic acids is 1. The summed E-state index contributed by atoms with van der Waals surface area (Å²) in [7, 11) is 6.35. The molecule has 1 aromatic rings. The van der Waals surface area contributed by atoms with E-state index in [-0.39, 0.29) is 0 Å². The van der Waals surface area contributed by atoms with Gasteiger partial charge in [0, 0.05) is 19.8 Å². The molecule has 6 heteroatoms. The van der Waals surface area contributed by atoms with Gasteiger partial charge < -0.3 is 15.8 Å². The molecular weight excluding hydrogens is 222 g/mol. The van der Waals surface area contributed by atoms with Crippen molar-refractivity contribution < 1.29 is 14.4 Å². The van der Waals surface area contributed by atoms with Gasteiger partial charge in [-0.05, 0) is 12.1 Å². The second-order valence-corrected chi connectivity index (χ2v) is 3.38. The fourth-order valence-corrected chi connectivity index (χ4v) is 1.45. The normalized spacial score (nSPS) is 9.88. The molecule has 0 amide bonds. The van der Waals surface area contributed by atoms with Crippen molar-refractivity contribution in [2.75, 3.05) is 44.4 Å². The second-order valence-electron chi connectivity index (χ2n) is 3.38. The van der Waals surface area contributed by atoms with Crippen molar-refractivity contribution in [3.05, 3.63) is 17.7 Å². The number of hydrogen-bond acceptors (Lipinski definition) is 6. The van der Waals surface area contributed by atoms with E-state index < -0.39 is 5.97 Å². The van der Waals surface area contributed by atoms with Gasteiger partial charge in [-0.3, -0.25) is 9.90 Å². The summed E-state index contributed by atoms with van der Waals surface area (Å²) in [4.78, 5) is 16.6. The number of hydroxylamine groups is 1. The molecule has 94 valence electrons. The smallest absolute Gasteiger partial charge is 0.340 e. The van der Waals surface area contributed by atoms with Crippen LogP contribution in [0.4, 0.5) is 17.1 Å². The largest absolute Gasteiger partial charge is 0.465 e. The van der Waals surface area contributed by atoms with Crippen molar-refractivity contribution in [3.8, 4) is 0 Å². The summed E-state index contributed by atoms with van der Waals surface area (Å²) in [6.07, 6.45) is 0. The number of nitrogens with one attached hydrogen (secondary N) is 1. The van der Waals surface area contributed by atoms with E-state index in [0.29, 0.717) is 11.3 Å². The molecule has 0 aliphatic heterocycles. The molecule has 0 aliphatic carbocycles. The van der Waals surface area contributed by atoms with Gasteiger partial charge in [-0.25, -0.2) is 4.79 Å². The third-order valence-corrected chi connectivity index (χ3v) is 2.46. The van der Waals surface area contributed by atoms with Crippen LogP contribution in [0.1, 0.15) is 10.4 Å². The zero-order valence-electron chi connectivity index (χ0n) is 10.4. The first-order chi connectivity index (χ1) is 8.04. The van der Waals surface area contributed by atoms with Crippen LogP contribution in [0.15, 0.2) is 12.1 Å². The summed E-state index contributed by atoms with van der Waals surface area (Å²) in [5.41, 5.74) is 7.93. The third-order valence-electron chi connectivity index (χ3n) is 2.46. The quantitative estimate of drug-likeness (QED) is 0.465. The number of nitrogens with zero attached hydrogens (tertiary/aromatic N) is 1. The van der Waals surface area contributed by atoms with Gasteiger partial charge in [0.25, 0.3) is 0 Å². The zero-order valence-corrected chi connectivity index (χ0v) is 10.4. The van der Waals surface area contributed by atoms with E-state index in [4.69, 9.17) is 10.6 Å². The number of esters is 1. The van der Waals surface area contributed by atoms with Gasteiger partial charge in [-0.1, -0.05) is 0 Å². The lowest BCUT2D eigenvalue weighted by Gasteiger charge is -2.21. The number of anilines is 3. The Hall–Kier alpha value is -1.95. The van der Waals surface area contributed by atoms with Crippen LogP contribution in [0.2, 0.25) is 0 Å². The van der Waals surface area contributed by atoms with Crippen molar-refractivity contribution in [2.45, 2.75) is 0 Å². The lowest BCUT2D eigenvalue weighted by atomic mass is 10.1. The Labute approximate surface area is 100 Å². The van der Waals surface area contributed by atoms with Crippen LogP contribution >= 0.6 is 0 Å². The summed E-state index contributed by atoms with van der Waals surface area (Å²) < 4.78 is 4.65. The molecular formula is C11H17N3O3. The molecule has 6 nitrogen and oxygen atoms in total. The Balaban J connectivity index is 3.29. The molecule has 0 saturated carbocycles. The van der Waals surface area contributed by atoms with E-state index in [0.717, 1.165) is 11.4 Å². The average Bonchev–Trinajstić information content (AvgIpc) is 2.36.